The highest BCUT2D eigenvalue weighted by Crippen LogP contribution is 2.27. The van der Waals surface area contributed by atoms with E-state index >= 15 is 0 Å². The third kappa shape index (κ3) is 3.23. The van der Waals surface area contributed by atoms with Crippen LogP contribution in [0.15, 0.2) is 29.2 Å². The number of rotatable bonds is 6. The van der Waals surface area contributed by atoms with Gasteiger partial charge in [-0.2, -0.15) is 0 Å². The number of carbonyl (C=O) groups is 1. The molecule has 114 valence electrons. The largest absolute Gasteiger partial charge is 0.350 e. The lowest BCUT2D eigenvalue weighted by atomic mass is 10.3. The van der Waals surface area contributed by atoms with Crippen LogP contribution in [0.4, 0.5) is 0 Å². The van der Waals surface area contributed by atoms with Gasteiger partial charge in [0, 0.05) is 24.9 Å². The van der Waals surface area contributed by atoms with Gasteiger partial charge < -0.3 is 9.88 Å². The Morgan fingerprint density at radius 3 is 3.09 bits per heavy atom. The van der Waals surface area contributed by atoms with Crippen molar-refractivity contribution in [2.75, 3.05) is 6.54 Å². The summed E-state index contributed by atoms with van der Waals surface area (Å²) in [5.74, 6) is 0.724. The highest BCUT2D eigenvalue weighted by Gasteiger charge is 2.12. The molecular formula is C14H15N5OS2. The van der Waals surface area contributed by atoms with Gasteiger partial charge in [-0.1, -0.05) is 6.07 Å². The molecule has 0 aliphatic rings. The maximum Gasteiger partial charge on any atom is 0.270 e. The highest BCUT2D eigenvalue weighted by atomic mass is 32.1. The van der Waals surface area contributed by atoms with Crippen molar-refractivity contribution in [3.05, 3.63) is 40.7 Å². The molecule has 0 unspecified atom stereocenters. The Balaban J connectivity index is 1.56. The molecule has 0 aliphatic carbocycles. The van der Waals surface area contributed by atoms with Gasteiger partial charge in [-0.05, 0) is 18.4 Å². The summed E-state index contributed by atoms with van der Waals surface area (Å²) >= 11 is 3.10. The summed E-state index contributed by atoms with van der Waals surface area (Å²) in [6.45, 7) is 3.38. The van der Waals surface area contributed by atoms with Crippen LogP contribution >= 0.6 is 22.7 Å². The fourth-order valence-electron chi connectivity index (χ4n) is 2.01. The summed E-state index contributed by atoms with van der Waals surface area (Å²) in [6, 6.07) is 3.98. The molecular weight excluding hydrogens is 318 g/mol. The Labute approximate surface area is 135 Å². The molecule has 6 nitrogen and oxygen atoms in total. The van der Waals surface area contributed by atoms with Crippen molar-refractivity contribution in [2.24, 2.45) is 0 Å². The minimum absolute atomic E-state index is 0.151. The zero-order valence-electron chi connectivity index (χ0n) is 12.0. The van der Waals surface area contributed by atoms with Crippen LogP contribution in [0.2, 0.25) is 0 Å². The van der Waals surface area contributed by atoms with Crippen LogP contribution in [0.5, 0.6) is 0 Å². The minimum Gasteiger partial charge on any atom is -0.350 e. The van der Waals surface area contributed by atoms with Gasteiger partial charge in [-0.25, -0.2) is 4.98 Å². The number of hydrogen-bond donors (Lipinski definition) is 1. The third-order valence-electron chi connectivity index (χ3n) is 3.14. The standard InChI is InChI=1S/C14H15N5OS2/c1-2-19-9-16-18-12(19)5-6-15-13(20)10-8-22-14(17-10)11-4-3-7-21-11/h3-4,7-9H,2,5-6H2,1H3,(H,15,20). The number of hydrogen-bond acceptors (Lipinski definition) is 6. The van der Waals surface area contributed by atoms with Crippen molar-refractivity contribution in [1.29, 1.82) is 0 Å². The van der Waals surface area contributed by atoms with E-state index < -0.39 is 0 Å². The first-order valence-corrected chi connectivity index (χ1v) is 8.68. The van der Waals surface area contributed by atoms with E-state index in [0.29, 0.717) is 18.7 Å². The number of aryl methyl sites for hydroxylation is 1. The van der Waals surface area contributed by atoms with Crippen molar-refractivity contribution >= 4 is 28.6 Å². The Kier molecular flexibility index (Phi) is 4.59. The number of amides is 1. The molecule has 0 aromatic carbocycles. The SMILES string of the molecule is CCn1cnnc1CCNC(=O)c1csc(-c2cccs2)n1. The molecule has 3 aromatic rings. The molecule has 0 saturated heterocycles. The molecule has 3 aromatic heterocycles. The maximum atomic E-state index is 12.1. The van der Waals surface area contributed by atoms with E-state index in [4.69, 9.17) is 0 Å². The Morgan fingerprint density at radius 1 is 1.41 bits per heavy atom. The monoisotopic (exact) mass is 333 g/mol. The Morgan fingerprint density at radius 2 is 2.32 bits per heavy atom. The normalized spacial score (nSPS) is 10.8. The second-order valence-corrected chi connectivity index (χ2v) is 6.36. The summed E-state index contributed by atoms with van der Waals surface area (Å²) in [5, 5.41) is 15.5. The number of nitrogens with zero attached hydrogens (tertiary/aromatic N) is 4. The topological polar surface area (TPSA) is 72.7 Å². The molecule has 0 fully saturated rings. The van der Waals surface area contributed by atoms with Crippen LogP contribution < -0.4 is 5.32 Å². The van der Waals surface area contributed by atoms with Crippen molar-refractivity contribution in [3.63, 3.8) is 0 Å². The molecule has 0 aliphatic heterocycles. The summed E-state index contributed by atoms with van der Waals surface area (Å²) in [4.78, 5) is 17.6. The second kappa shape index (κ2) is 6.80. The van der Waals surface area contributed by atoms with Gasteiger partial charge in [-0.15, -0.1) is 32.9 Å². The van der Waals surface area contributed by atoms with Crippen molar-refractivity contribution in [3.8, 4) is 9.88 Å². The molecule has 0 saturated carbocycles. The van der Waals surface area contributed by atoms with Crippen LogP contribution in [-0.2, 0) is 13.0 Å². The number of aromatic nitrogens is 4. The van der Waals surface area contributed by atoms with Crippen molar-refractivity contribution in [2.45, 2.75) is 19.9 Å². The van der Waals surface area contributed by atoms with Crippen LogP contribution in [0.1, 0.15) is 23.2 Å². The fourth-order valence-corrected chi connectivity index (χ4v) is 3.62. The maximum absolute atomic E-state index is 12.1. The Hall–Kier alpha value is -2.06. The first-order valence-electron chi connectivity index (χ1n) is 6.92. The average molecular weight is 333 g/mol. The molecule has 1 N–H and O–H groups in total. The van der Waals surface area contributed by atoms with Crippen molar-refractivity contribution < 1.29 is 4.79 Å². The molecule has 3 heterocycles. The number of thiophene rings is 1. The lowest BCUT2D eigenvalue weighted by molar-refractivity contribution is 0.0949. The quantitative estimate of drug-likeness (QED) is 0.752. The predicted octanol–water partition coefficient (Wildman–Crippen LogP) is 2.46. The molecule has 22 heavy (non-hydrogen) atoms. The summed E-state index contributed by atoms with van der Waals surface area (Å²) in [6.07, 6.45) is 2.35. The Bertz CT molecular complexity index is 747. The van der Waals surface area contributed by atoms with Gasteiger partial charge in [0.25, 0.3) is 5.91 Å². The summed E-state index contributed by atoms with van der Waals surface area (Å²) in [7, 11) is 0. The average Bonchev–Trinajstić information content (AvgIpc) is 3.26. The zero-order chi connectivity index (χ0) is 15.4. The van der Waals surface area contributed by atoms with Gasteiger partial charge >= 0.3 is 0 Å². The van der Waals surface area contributed by atoms with Crippen LogP contribution in [0.3, 0.4) is 0 Å². The smallest absolute Gasteiger partial charge is 0.270 e. The van der Waals surface area contributed by atoms with E-state index in [1.54, 1.807) is 23.0 Å². The minimum atomic E-state index is -0.151. The van der Waals surface area contributed by atoms with Gasteiger partial charge in [0.1, 0.15) is 22.9 Å². The third-order valence-corrected chi connectivity index (χ3v) is 5.02. The molecule has 8 heteroatoms. The van der Waals surface area contributed by atoms with E-state index in [0.717, 1.165) is 22.3 Å². The first kappa shape index (κ1) is 14.9. The van der Waals surface area contributed by atoms with E-state index in [1.807, 2.05) is 29.0 Å². The van der Waals surface area contributed by atoms with Crippen molar-refractivity contribution in [1.82, 2.24) is 25.1 Å². The summed E-state index contributed by atoms with van der Waals surface area (Å²) in [5.41, 5.74) is 0.463. The van der Waals surface area contributed by atoms with Gasteiger partial charge in [0.05, 0.1) is 4.88 Å². The van der Waals surface area contributed by atoms with Gasteiger partial charge in [0.2, 0.25) is 0 Å². The van der Waals surface area contributed by atoms with Crippen LogP contribution in [0.25, 0.3) is 9.88 Å². The number of thiazole rings is 1. The molecule has 0 spiro atoms. The highest BCUT2D eigenvalue weighted by molar-refractivity contribution is 7.20. The number of carbonyl (C=O) groups excluding carboxylic acids is 1. The zero-order valence-corrected chi connectivity index (χ0v) is 13.7. The van der Waals surface area contributed by atoms with Gasteiger partial charge in [0.15, 0.2) is 0 Å². The van der Waals surface area contributed by atoms with E-state index in [2.05, 4.69) is 20.5 Å². The summed E-state index contributed by atoms with van der Waals surface area (Å²) < 4.78 is 1.96. The van der Waals surface area contributed by atoms with Crippen LogP contribution in [-0.4, -0.2) is 32.2 Å². The number of nitrogens with one attached hydrogen (secondary N) is 1. The lowest BCUT2D eigenvalue weighted by Gasteiger charge is -2.04. The van der Waals surface area contributed by atoms with E-state index in [1.165, 1.54) is 11.3 Å². The lowest BCUT2D eigenvalue weighted by Crippen LogP contribution is -2.26. The molecule has 3 rings (SSSR count). The van der Waals surface area contributed by atoms with E-state index in [9.17, 15) is 4.79 Å². The van der Waals surface area contributed by atoms with E-state index in [-0.39, 0.29) is 5.91 Å². The predicted molar refractivity (Wildman–Crippen MR) is 87.2 cm³/mol. The molecule has 1 amide bonds. The molecule has 0 radical (unpaired) electrons. The first-order chi connectivity index (χ1) is 10.8. The second-order valence-electron chi connectivity index (χ2n) is 4.55. The fraction of sp³-hybridized carbons (Fsp3) is 0.286. The molecule has 0 atom stereocenters. The molecule has 0 bridgehead atoms. The van der Waals surface area contributed by atoms with Crippen LogP contribution in [0, 0.1) is 0 Å². The van der Waals surface area contributed by atoms with Gasteiger partial charge in [-0.3, -0.25) is 4.79 Å².